The van der Waals surface area contributed by atoms with E-state index in [0.717, 1.165) is 31.2 Å². The van der Waals surface area contributed by atoms with Crippen molar-refractivity contribution in [3.63, 3.8) is 0 Å². The van der Waals surface area contributed by atoms with Crippen molar-refractivity contribution in [3.8, 4) is 0 Å². The van der Waals surface area contributed by atoms with Gasteiger partial charge in [-0.2, -0.15) is 0 Å². The molecule has 21 heavy (non-hydrogen) atoms. The van der Waals surface area contributed by atoms with E-state index in [9.17, 15) is 14.9 Å². The van der Waals surface area contributed by atoms with Crippen LogP contribution in [0, 0.1) is 17.0 Å². The number of carbonyl (C=O) groups is 1. The Labute approximate surface area is 123 Å². The second-order valence-electron chi connectivity index (χ2n) is 5.46. The van der Waals surface area contributed by atoms with Crippen molar-refractivity contribution in [2.75, 3.05) is 5.32 Å². The number of nitrogens with zero attached hydrogens (tertiary/aromatic N) is 1. The number of nitrogens with one attached hydrogen (secondary N) is 1. The SMILES string of the molecule is CC(=O)O[C@@H]1CCCC[C@H]1Nc1ccc(C)cc1[N+](=O)[O-]. The van der Waals surface area contributed by atoms with Gasteiger partial charge in [0.1, 0.15) is 11.8 Å². The molecule has 6 heteroatoms. The molecule has 0 aromatic heterocycles. The summed E-state index contributed by atoms with van der Waals surface area (Å²) in [7, 11) is 0. The Kier molecular flexibility index (Phi) is 4.77. The maximum atomic E-state index is 11.2. The van der Waals surface area contributed by atoms with Crippen LogP contribution in [0.25, 0.3) is 0 Å². The Morgan fingerprint density at radius 3 is 2.76 bits per heavy atom. The number of nitro groups is 1. The molecule has 6 nitrogen and oxygen atoms in total. The second kappa shape index (κ2) is 6.56. The summed E-state index contributed by atoms with van der Waals surface area (Å²) in [4.78, 5) is 21.9. The van der Waals surface area contributed by atoms with E-state index in [-0.39, 0.29) is 28.7 Å². The molecule has 1 aromatic rings. The lowest BCUT2D eigenvalue weighted by Crippen LogP contribution is -2.39. The molecule has 1 N–H and O–H groups in total. The van der Waals surface area contributed by atoms with Crippen molar-refractivity contribution in [3.05, 3.63) is 33.9 Å². The van der Waals surface area contributed by atoms with Crippen molar-refractivity contribution in [2.24, 2.45) is 0 Å². The number of nitro benzene ring substituents is 1. The van der Waals surface area contributed by atoms with Gasteiger partial charge >= 0.3 is 5.97 Å². The van der Waals surface area contributed by atoms with Gasteiger partial charge in [0.15, 0.2) is 0 Å². The number of esters is 1. The van der Waals surface area contributed by atoms with E-state index in [1.807, 2.05) is 13.0 Å². The van der Waals surface area contributed by atoms with Gasteiger partial charge in [-0.3, -0.25) is 14.9 Å². The van der Waals surface area contributed by atoms with Crippen LogP contribution < -0.4 is 5.32 Å². The predicted octanol–water partition coefficient (Wildman–Crippen LogP) is 3.19. The third-order valence-electron chi connectivity index (χ3n) is 3.71. The highest BCUT2D eigenvalue weighted by Crippen LogP contribution is 2.30. The van der Waals surface area contributed by atoms with Gasteiger partial charge in [-0.15, -0.1) is 0 Å². The van der Waals surface area contributed by atoms with E-state index in [4.69, 9.17) is 4.74 Å². The number of aryl methyl sites for hydroxylation is 1. The number of hydrogen-bond donors (Lipinski definition) is 1. The van der Waals surface area contributed by atoms with Crippen LogP contribution in [0.3, 0.4) is 0 Å². The van der Waals surface area contributed by atoms with E-state index in [1.165, 1.54) is 6.92 Å². The molecule has 0 amide bonds. The molecular weight excluding hydrogens is 272 g/mol. The van der Waals surface area contributed by atoms with E-state index >= 15 is 0 Å². The van der Waals surface area contributed by atoms with E-state index in [2.05, 4.69) is 5.32 Å². The minimum absolute atomic E-state index is 0.0575. The predicted molar refractivity (Wildman–Crippen MR) is 79.3 cm³/mol. The summed E-state index contributed by atoms with van der Waals surface area (Å²) in [6.07, 6.45) is 3.43. The number of benzene rings is 1. The zero-order valence-electron chi connectivity index (χ0n) is 12.3. The highest BCUT2D eigenvalue weighted by atomic mass is 16.6. The van der Waals surface area contributed by atoms with Crippen LogP contribution >= 0.6 is 0 Å². The monoisotopic (exact) mass is 292 g/mol. The standard InChI is InChI=1S/C15H20N2O4/c1-10-7-8-12(14(9-10)17(19)20)16-13-5-3-4-6-15(13)21-11(2)18/h7-9,13,15-16H,3-6H2,1-2H3/t13-,15-/m1/s1. The number of ether oxygens (including phenoxy) is 1. The molecule has 2 rings (SSSR count). The summed E-state index contributed by atoms with van der Waals surface area (Å²) in [6.45, 7) is 3.21. The average Bonchev–Trinajstić information content (AvgIpc) is 2.42. The lowest BCUT2D eigenvalue weighted by molar-refractivity contribution is -0.384. The highest BCUT2D eigenvalue weighted by Gasteiger charge is 2.29. The quantitative estimate of drug-likeness (QED) is 0.523. The lowest BCUT2D eigenvalue weighted by atomic mass is 9.92. The van der Waals surface area contributed by atoms with Gasteiger partial charge in [-0.25, -0.2) is 0 Å². The molecular formula is C15H20N2O4. The number of anilines is 1. The summed E-state index contributed by atoms with van der Waals surface area (Å²) in [5.74, 6) is -0.313. The topological polar surface area (TPSA) is 81.5 Å². The minimum Gasteiger partial charge on any atom is -0.460 e. The van der Waals surface area contributed by atoms with Crippen LogP contribution in [-0.2, 0) is 9.53 Å². The Morgan fingerprint density at radius 2 is 2.10 bits per heavy atom. The maximum absolute atomic E-state index is 11.2. The molecule has 0 heterocycles. The largest absolute Gasteiger partial charge is 0.460 e. The van der Waals surface area contributed by atoms with Crippen LogP contribution in [0.1, 0.15) is 38.2 Å². The maximum Gasteiger partial charge on any atom is 0.302 e. The van der Waals surface area contributed by atoms with Gasteiger partial charge in [-0.05, 0) is 37.8 Å². The molecule has 1 fully saturated rings. The Balaban J connectivity index is 2.19. The molecule has 2 atom stereocenters. The number of hydrogen-bond acceptors (Lipinski definition) is 5. The molecule has 0 unspecified atom stereocenters. The Bertz CT molecular complexity index is 544. The van der Waals surface area contributed by atoms with Crippen LogP contribution in [0.4, 0.5) is 11.4 Å². The normalized spacial score (nSPS) is 21.6. The molecule has 1 aliphatic carbocycles. The first-order chi connectivity index (χ1) is 9.97. The van der Waals surface area contributed by atoms with Gasteiger partial charge in [0, 0.05) is 13.0 Å². The van der Waals surface area contributed by atoms with Crippen LogP contribution in [0.5, 0.6) is 0 Å². The third kappa shape index (κ3) is 3.93. The van der Waals surface area contributed by atoms with Crippen LogP contribution in [0.2, 0.25) is 0 Å². The Morgan fingerprint density at radius 1 is 1.38 bits per heavy atom. The number of carbonyl (C=O) groups excluding carboxylic acids is 1. The number of rotatable bonds is 4. The third-order valence-corrected chi connectivity index (χ3v) is 3.71. The average molecular weight is 292 g/mol. The molecule has 0 spiro atoms. The summed E-state index contributed by atoms with van der Waals surface area (Å²) < 4.78 is 5.33. The summed E-state index contributed by atoms with van der Waals surface area (Å²) >= 11 is 0. The van der Waals surface area contributed by atoms with Crippen molar-refractivity contribution in [1.29, 1.82) is 0 Å². The Hall–Kier alpha value is -2.11. The minimum atomic E-state index is -0.390. The van der Waals surface area contributed by atoms with Gasteiger partial charge in [0.05, 0.1) is 11.0 Å². The summed E-state index contributed by atoms with van der Waals surface area (Å²) in [6, 6.07) is 5.02. The van der Waals surface area contributed by atoms with Crippen molar-refractivity contribution >= 4 is 17.3 Å². The molecule has 1 aliphatic rings. The fraction of sp³-hybridized carbons (Fsp3) is 0.533. The first-order valence-electron chi connectivity index (χ1n) is 7.16. The van der Waals surface area contributed by atoms with Gasteiger partial charge in [0.2, 0.25) is 0 Å². The molecule has 1 aromatic carbocycles. The van der Waals surface area contributed by atoms with Gasteiger partial charge in [-0.1, -0.05) is 12.5 Å². The smallest absolute Gasteiger partial charge is 0.302 e. The molecule has 0 bridgehead atoms. The van der Waals surface area contributed by atoms with Crippen molar-refractivity contribution in [1.82, 2.24) is 0 Å². The highest BCUT2D eigenvalue weighted by molar-refractivity contribution is 5.66. The van der Waals surface area contributed by atoms with E-state index in [0.29, 0.717) is 5.69 Å². The molecule has 0 saturated heterocycles. The lowest BCUT2D eigenvalue weighted by Gasteiger charge is -2.32. The zero-order chi connectivity index (χ0) is 15.4. The molecule has 0 radical (unpaired) electrons. The molecule has 114 valence electrons. The fourth-order valence-corrected chi connectivity index (χ4v) is 2.73. The van der Waals surface area contributed by atoms with E-state index < -0.39 is 0 Å². The summed E-state index contributed by atoms with van der Waals surface area (Å²) in [5, 5.41) is 14.3. The van der Waals surface area contributed by atoms with E-state index in [1.54, 1.807) is 12.1 Å². The first-order valence-corrected chi connectivity index (χ1v) is 7.16. The van der Waals surface area contributed by atoms with Crippen molar-refractivity contribution < 1.29 is 14.5 Å². The van der Waals surface area contributed by atoms with Crippen molar-refractivity contribution in [2.45, 2.75) is 51.7 Å². The second-order valence-corrected chi connectivity index (χ2v) is 5.46. The van der Waals surface area contributed by atoms with Crippen LogP contribution in [0.15, 0.2) is 18.2 Å². The molecule has 0 aliphatic heterocycles. The van der Waals surface area contributed by atoms with Gasteiger partial charge < -0.3 is 10.1 Å². The van der Waals surface area contributed by atoms with Crippen LogP contribution in [-0.4, -0.2) is 23.0 Å². The first kappa shape index (κ1) is 15.3. The molecule has 1 saturated carbocycles. The van der Waals surface area contributed by atoms with Gasteiger partial charge in [0.25, 0.3) is 5.69 Å². The zero-order valence-corrected chi connectivity index (χ0v) is 12.3. The summed E-state index contributed by atoms with van der Waals surface area (Å²) in [5.41, 5.74) is 1.38. The fourth-order valence-electron chi connectivity index (χ4n) is 2.73.